The lowest BCUT2D eigenvalue weighted by molar-refractivity contribution is -0.135. The summed E-state index contributed by atoms with van der Waals surface area (Å²) in [6.07, 6.45) is 4.46. The predicted molar refractivity (Wildman–Crippen MR) is 136 cm³/mol. The highest BCUT2D eigenvalue weighted by Gasteiger charge is 2.49. The van der Waals surface area contributed by atoms with Gasteiger partial charge in [-0.2, -0.15) is 0 Å². The maximum atomic E-state index is 13.2. The summed E-state index contributed by atoms with van der Waals surface area (Å²) >= 11 is 0. The third-order valence-corrected chi connectivity index (χ3v) is 7.71. The van der Waals surface area contributed by atoms with E-state index in [1.54, 1.807) is 21.3 Å². The number of piperidine rings is 1. The predicted octanol–water partition coefficient (Wildman–Crippen LogP) is 4.64. The molecule has 3 atom stereocenters. The number of hydrogen-bond acceptors (Lipinski definition) is 6. The molecule has 1 aliphatic heterocycles. The number of carbonyl (C=O) groups is 1. The van der Waals surface area contributed by atoms with Crippen molar-refractivity contribution < 1.29 is 24.1 Å². The van der Waals surface area contributed by atoms with Gasteiger partial charge in [-0.05, 0) is 68.0 Å². The maximum absolute atomic E-state index is 13.2. The highest BCUT2D eigenvalue weighted by molar-refractivity contribution is 5.93. The first-order chi connectivity index (χ1) is 16.8. The van der Waals surface area contributed by atoms with Crippen LogP contribution < -0.4 is 19.5 Å². The lowest BCUT2D eigenvalue weighted by atomic mass is 9.66. The van der Waals surface area contributed by atoms with Crippen LogP contribution in [0.4, 0.5) is 5.69 Å². The van der Waals surface area contributed by atoms with E-state index >= 15 is 0 Å². The number of methoxy groups -OCH3 is 3. The summed E-state index contributed by atoms with van der Waals surface area (Å²) < 4.78 is 16.8. The van der Waals surface area contributed by atoms with Gasteiger partial charge in [0.25, 0.3) is 0 Å². The van der Waals surface area contributed by atoms with Crippen LogP contribution in [0.15, 0.2) is 30.3 Å². The molecule has 4 rings (SSSR count). The molecule has 190 valence electrons. The molecule has 1 amide bonds. The van der Waals surface area contributed by atoms with Crippen LogP contribution in [0, 0.1) is 19.8 Å². The second kappa shape index (κ2) is 10.5. The van der Waals surface area contributed by atoms with E-state index in [0.717, 1.165) is 48.1 Å². The Morgan fingerprint density at radius 2 is 1.77 bits per heavy atom. The fraction of sp³-hybridized carbons (Fsp3) is 0.536. The van der Waals surface area contributed by atoms with Crippen LogP contribution in [0.3, 0.4) is 0 Å². The van der Waals surface area contributed by atoms with E-state index in [1.807, 2.05) is 44.2 Å². The Bertz CT molecular complexity index is 1050. The molecule has 7 heteroatoms. The molecule has 0 radical (unpaired) electrons. The number of carbonyl (C=O) groups excluding carboxylic acids is 1. The summed E-state index contributed by atoms with van der Waals surface area (Å²) in [6.45, 7) is 4.89. The van der Waals surface area contributed by atoms with Crippen LogP contribution in [0.5, 0.6) is 17.2 Å². The standard InChI is InChI=1S/C28H38N2O5/c1-18-9-10-19(2)22(14-18)29-25(31)17-30-13-12-28(32)11-7-6-8-21(28)26(30)20-15-23(33-3)27(35-5)24(16-20)34-4/h9-10,14-16,21,26,32H,6-8,11-13,17H2,1-5H3,(H,29,31)/t21-,26-,28+/m0/s1. The number of benzene rings is 2. The smallest absolute Gasteiger partial charge is 0.238 e. The van der Waals surface area contributed by atoms with Crippen LogP contribution in [0.2, 0.25) is 0 Å². The first kappa shape index (κ1) is 25.3. The average molecular weight is 483 g/mol. The van der Waals surface area contributed by atoms with Gasteiger partial charge < -0.3 is 24.6 Å². The summed E-state index contributed by atoms with van der Waals surface area (Å²) in [6, 6.07) is 9.84. The number of nitrogens with zero attached hydrogens (tertiary/aromatic N) is 1. The number of hydrogen-bond donors (Lipinski definition) is 2. The minimum Gasteiger partial charge on any atom is -0.493 e. The van der Waals surface area contributed by atoms with Gasteiger partial charge in [-0.15, -0.1) is 0 Å². The van der Waals surface area contributed by atoms with Crippen molar-refractivity contribution in [1.82, 2.24) is 4.90 Å². The van der Waals surface area contributed by atoms with Gasteiger partial charge in [-0.1, -0.05) is 25.0 Å². The molecule has 35 heavy (non-hydrogen) atoms. The molecule has 7 nitrogen and oxygen atoms in total. The van der Waals surface area contributed by atoms with Crippen molar-refractivity contribution in [2.24, 2.45) is 5.92 Å². The Morgan fingerprint density at radius 1 is 1.06 bits per heavy atom. The molecule has 0 bridgehead atoms. The third-order valence-electron chi connectivity index (χ3n) is 7.71. The molecule has 2 fully saturated rings. The molecule has 1 heterocycles. The highest BCUT2D eigenvalue weighted by atomic mass is 16.5. The number of aryl methyl sites for hydroxylation is 2. The number of ether oxygens (including phenoxy) is 3. The quantitative estimate of drug-likeness (QED) is 0.599. The van der Waals surface area contributed by atoms with Gasteiger partial charge >= 0.3 is 0 Å². The number of anilines is 1. The molecule has 0 unspecified atom stereocenters. The van der Waals surface area contributed by atoms with Crippen LogP contribution >= 0.6 is 0 Å². The molecule has 1 saturated heterocycles. The van der Waals surface area contributed by atoms with Crippen molar-refractivity contribution in [3.63, 3.8) is 0 Å². The minimum absolute atomic E-state index is 0.0151. The van der Waals surface area contributed by atoms with Crippen molar-refractivity contribution in [3.05, 3.63) is 47.0 Å². The summed E-state index contributed by atoms with van der Waals surface area (Å²) in [4.78, 5) is 15.4. The monoisotopic (exact) mass is 482 g/mol. The maximum Gasteiger partial charge on any atom is 0.238 e. The normalized spacial score (nSPS) is 24.4. The van der Waals surface area contributed by atoms with Crippen molar-refractivity contribution in [2.75, 3.05) is 39.7 Å². The zero-order chi connectivity index (χ0) is 25.2. The number of rotatable bonds is 7. The molecule has 2 aromatic carbocycles. The van der Waals surface area contributed by atoms with Crippen LogP contribution in [0.25, 0.3) is 0 Å². The number of likely N-dealkylation sites (tertiary alicyclic amines) is 1. The van der Waals surface area contributed by atoms with Crippen molar-refractivity contribution in [3.8, 4) is 17.2 Å². The van der Waals surface area contributed by atoms with Gasteiger partial charge in [0.1, 0.15) is 0 Å². The van der Waals surface area contributed by atoms with Crippen molar-refractivity contribution in [1.29, 1.82) is 0 Å². The number of nitrogens with one attached hydrogen (secondary N) is 1. The SMILES string of the molecule is COc1cc([C@H]2[C@@H]3CCCC[C@@]3(O)CCN2CC(=O)Nc2cc(C)ccc2C)cc(OC)c1OC. The molecule has 1 saturated carbocycles. The first-order valence-electron chi connectivity index (χ1n) is 12.4. The lowest BCUT2D eigenvalue weighted by Gasteiger charge is -2.52. The van der Waals surface area contributed by atoms with E-state index in [9.17, 15) is 9.90 Å². The van der Waals surface area contributed by atoms with Crippen LogP contribution in [-0.4, -0.2) is 55.9 Å². The van der Waals surface area contributed by atoms with E-state index in [4.69, 9.17) is 14.2 Å². The largest absolute Gasteiger partial charge is 0.493 e. The summed E-state index contributed by atoms with van der Waals surface area (Å²) in [5.41, 5.74) is 3.20. The topological polar surface area (TPSA) is 80.3 Å². The molecule has 2 N–H and O–H groups in total. The van der Waals surface area contributed by atoms with Crippen molar-refractivity contribution in [2.45, 2.75) is 57.6 Å². The van der Waals surface area contributed by atoms with Crippen molar-refractivity contribution >= 4 is 11.6 Å². The van der Waals surface area contributed by atoms with Crippen LogP contribution in [-0.2, 0) is 4.79 Å². The van der Waals surface area contributed by atoms with E-state index in [-0.39, 0.29) is 24.4 Å². The second-order valence-corrected chi connectivity index (χ2v) is 9.95. The zero-order valence-corrected chi connectivity index (χ0v) is 21.5. The summed E-state index contributed by atoms with van der Waals surface area (Å²) in [5, 5.41) is 14.7. The fourth-order valence-corrected chi connectivity index (χ4v) is 5.88. The molecule has 0 aromatic heterocycles. The first-order valence-corrected chi connectivity index (χ1v) is 12.4. The summed E-state index contributed by atoms with van der Waals surface area (Å²) in [7, 11) is 4.80. The van der Waals surface area contributed by atoms with Gasteiger partial charge in [0.2, 0.25) is 11.7 Å². The van der Waals surface area contributed by atoms with E-state index < -0.39 is 5.60 Å². The molecule has 2 aromatic rings. The Balaban J connectivity index is 1.68. The Labute approximate surface area is 208 Å². The Morgan fingerprint density at radius 3 is 2.43 bits per heavy atom. The van der Waals surface area contributed by atoms with E-state index in [2.05, 4.69) is 10.2 Å². The van der Waals surface area contributed by atoms with Gasteiger partial charge in [-0.3, -0.25) is 9.69 Å². The molecule has 1 aliphatic carbocycles. The minimum atomic E-state index is -0.733. The molecular formula is C28H38N2O5. The van der Waals surface area contributed by atoms with E-state index in [1.165, 1.54) is 0 Å². The number of fused-ring (bicyclic) bond motifs is 1. The fourth-order valence-electron chi connectivity index (χ4n) is 5.88. The second-order valence-electron chi connectivity index (χ2n) is 9.95. The molecular weight excluding hydrogens is 444 g/mol. The van der Waals surface area contributed by atoms with E-state index in [0.29, 0.717) is 30.2 Å². The lowest BCUT2D eigenvalue weighted by Crippen LogP contribution is -2.56. The Hall–Kier alpha value is -2.77. The molecule has 2 aliphatic rings. The van der Waals surface area contributed by atoms with Gasteiger partial charge in [0.05, 0.1) is 33.5 Å². The third kappa shape index (κ3) is 5.11. The van der Waals surface area contributed by atoms with Gasteiger partial charge in [0, 0.05) is 24.2 Å². The van der Waals surface area contributed by atoms with Gasteiger partial charge in [0.15, 0.2) is 11.5 Å². The number of amides is 1. The zero-order valence-electron chi connectivity index (χ0n) is 21.5. The summed E-state index contributed by atoms with van der Waals surface area (Å²) in [5.74, 6) is 1.64. The molecule has 0 spiro atoms. The Kier molecular flexibility index (Phi) is 7.57. The van der Waals surface area contributed by atoms with Gasteiger partial charge in [-0.25, -0.2) is 0 Å². The highest BCUT2D eigenvalue weighted by Crippen LogP contribution is 2.51. The number of aliphatic hydroxyl groups is 1. The average Bonchev–Trinajstić information content (AvgIpc) is 2.85. The van der Waals surface area contributed by atoms with Crippen LogP contribution in [0.1, 0.15) is 54.8 Å².